The molecule has 1 aromatic carbocycles. The van der Waals surface area contributed by atoms with Crippen molar-refractivity contribution in [3.63, 3.8) is 0 Å². The van der Waals surface area contributed by atoms with E-state index in [1.165, 1.54) is 19.1 Å². The molecule has 0 fully saturated rings. The Balaban J connectivity index is 2.08. The fourth-order valence-corrected chi connectivity index (χ4v) is 1.75. The van der Waals surface area contributed by atoms with Gasteiger partial charge in [-0.15, -0.1) is 0 Å². The molecule has 0 bridgehead atoms. The van der Waals surface area contributed by atoms with Crippen LogP contribution in [-0.4, -0.2) is 28.9 Å². The summed E-state index contributed by atoms with van der Waals surface area (Å²) in [5, 5.41) is 17.1. The van der Waals surface area contributed by atoms with E-state index in [1.807, 2.05) is 0 Å². The lowest BCUT2D eigenvalue weighted by molar-refractivity contribution is -0.384. The Bertz CT molecular complexity index is 657. The zero-order valence-corrected chi connectivity index (χ0v) is 10.9. The molecular formula is C13H14N4O3. The topological polar surface area (TPSA) is 97.2 Å². The van der Waals surface area contributed by atoms with Crippen LogP contribution in [-0.2, 0) is 4.79 Å². The van der Waals surface area contributed by atoms with Crippen molar-refractivity contribution in [1.82, 2.24) is 10.3 Å². The van der Waals surface area contributed by atoms with Gasteiger partial charge < -0.3 is 10.6 Å². The Morgan fingerprint density at radius 1 is 1.30 bits per heavy atom. The number of hydrogen-bond acceptors (Lipinski definition) is 5. The number of aromatic nitrogens is 1. The zero-order valence-electron chi connectivity index (χ0n) is 10.9. The van der Waals surface area contributed by atoms with Crippen molar-refractivity contribution in [2.24, 2.45) is 0 Å². The number of non-ortho nitro benzene ring substituents is 1. The van der Waals surface area contributed by atoms with Crippen molar-refractivity contribution in [1.29, 1.82) is 0 Å². The molecular weight excluding hydrogens is 260 g/mol. The van der Waals surface area contributed by atoms with E-state index in [2.05, 4.69) is 15.6 Å². The van der Waals surface area contributed by atoms with Gasteiger partial charge in [0.2, 0.25) is 5.91 Å². The minimum absolute atomic E-state index is 0.0469. The van der Waals surface area contributed by atoms with E-state index in [4.69, 9.17) is 0 Å². The Morgan fingerprint density at radius 2 is 2.10 bits per heavy atom. The van der Waals surface area contributed by atoms with Gasteiger partial charge >= 0.3 is 0 Å². The first-order valence-electron chi connectivity index (χ1n) is 6.10. The van der Waals surface area contributed by atoms with Gasteiger partial charge in [-0.1, -0.05) is 0 Å². The molecule has 0 unspecified atom stereocenters. The second kappa shape index (κ2) is 5.96. The molecule has 0 aliphatic rings. The molecule has 104 valence electrons. The Hall–Kier alpha value is -2.70. The maximum absolute atomic E-state index is 10.7. The molecule has 1 aromatic heterocycles. The molecule has 0 aliphatic heterocycles. The number of benzene rings is 1. The van der Waals surface area contributed by atoms with Crippen molar-refractivity contribution < 1.29 is 9.72 Å². The third-order valence-corrected chi connectivity index (χ3v) is 2.69. The second-order valence-electron chi connectivity index (χ2n) is 4.24. The molecule has 1 heterocycles. The van der Waals surface area contributed by atoms with Crippen LogP contribution in [0, 0.1) is 10.1 Å². The van der Waals surface area contributed by atoms with Gasteiger partial charge in [0.1, 0.15) is 5.82 Å². The van der Waals surface area contributed by atoms with E-state index in [0.717, 1.165) is 0 Å². The first-order chi connectivity index (χ1) is 9.56. The monoisotopic (exact) mass is 274 g/mol. The molecule has 1 amide bonds. The minimum Gasteiger partial charge on any atom is -0.368 e. The van der Waals surface area contributed by atoms with Crippen LogP contribution in [0.15, 0.2) is 30.3 Å². The summed E-state index contributed by atoms with van der Waals surface area (Å²) < 4.78 is 0. The van der Waals surface area contributed by atoms with Crippen molar-refractivity contribution in [3.8, 4) is 0 Å². The number of pyridine rings is 1. The smallest absolute Gasteiger partial charge is 0.270 e. The molecule has 7 heteroatoms. The van der Waals surface area contributed by atoms with Crippen LogP contribution in [0.3, 0.4) is 0 Å². The molecule has 0 saturated carbocycles. The number of anilines is 1. The number of nitro benzene ring substituents is 1. The van der Waals surface area contributed by atoms with Crippen LogP contribution in [0.1, 0.15) is 6.92 Å². The number of carbonyl (C=O) groups excluding carboxylic acids is 1. The van der Waals surface area contributed by atoms with Gasteiger partial charge in [-0.3, -0.25) is 14.9 Å². The molecule has 0 aliphatic carbocycles. The molecule has 2 rings (SSSR count). The summed E-state index contributed by atoms with van der Waals surface area (Å²) in [5.41, 5.74) is 0.728. The van der Waals surface area contributed by atoms with Crippen LogP contribution in [0.25, 0.3) is 10.9 Å². The van der Waals surface area contributed by atoms with Gasteiger partial charge in [-0.05, 0) is 18.2 Å². The lowest BCUT2D eigenvalue weighted by Gasteiger charge is -2.07. The Labute approximate surface area is 115 Å². The van der Waals surface area contributed by atoms with Gasteiger partial charge in [0.25, 0.3) is 5.69 Å². The highest BCUT2D eigenvalue weighted by Gasteiger charge is 2.06. The van der Waals surface area contributed by atoms with Gasteiger partial charge in [0, 0.05) is 37.5 Å². The first kappa shape index (κ1) is 13.7. The predicted molar refractivity (Wildman–Crippen MR) is 75.6 cm³/mol. The summed E-state index contributed by atoms with van der Waals surface area (Å²) in [6.07, 6.45) is 0. The first-order valence-corrected chi connectivity index (χ1v) is 6.10. The molecule has 20 heavy (non-hydrogen) atoms. The number of fused-ring (bicyclic) bond motifs is 1. The van der Waals surface area contributed by atoms with E-state index in [1.54, 1.807) is 18.2 Å². The van der Waals surface area contributed by atoms with Crippen LogP contribution in [0.4, 0.5) is 11.5 Å². The number of amides is 1. The molecule has 2 aromatic rings. The summed E-state index contributed by atoms with van der Waals surface area (Å²) in [6, 6.07) is 8.06. The lowest BCUT2D eigenvalue weighted by atomic mass is 10.2. The van der Waals surface area contributed by atoms with E-state index in [-0.39, 0.29) is 11.6 Å². The van der Waals surface area contributed by atoms with E-state index < -0.39 is 4.92 Å². The maximum atomic E-state index is 10.7. The standard InChI is InChI=1S/C13H14N4O3/c1-9(18)14-6-7-15-13-5-2-10-8-11(17(19)20)3-4-12(10)16-13/h2-5,8H,6-7H2,1H3,(H,14,18)(H,15,16). The molecule has 0 spiro atoms. The van der Waals surface area contributed by atoms with E-state index in [9.17, 15) is 14.9 Å². The minimum atomic E-state index is -0.432. The highest BCUT2D eigenvalue weighted by Crippen LogP contribution is 2.20. The second-order valence-corrected chi connectivity index (χ2v) is 4.24. The average Bonchev–Trinajstić information content (AvgIpc) is 2.42. The molecule has 0 saturated heterocycles. The SMILES string of the molecule is CC(=O)NCCNc1ccc2cc([N+](=O)[O-])ccc2n1. The average molecular weight is 274 g/mol. The van der Waals surface area contributed by atoms with Crippen LogP contribution in [0.2, 0.25) is 0 Å². The number of nitrogens with one attached hydrogen (secondary N) is 2. The number of carbonyl (C=O) groups is 1. The predicted octanol–water partition coefficient (Wildman–Crippen LogP) is 1.69. The quantitative estimate of drug-likeness (QED) is 0.491. The van der Waals surface area contributed by atoms with Gasteiger partial charge in [-0.25, -0.2) is 4.98 Å². The fourth-order valence-electron chi connectivity index (χ4n) is 1.75. The van der Waals surface area contributed by atoms with Crippen LogP contribution >= 0.6 is 0 Å². The van der Waals surface area contributed by atoms with Crippen molar-refractivity contribution >= 4 is 28.3 Å². The van der Waals surface area contributed by atoms with Gasteiger partial charge in [-0.2, -0.15) is 0 Å². The van der Waals surface area contributed by atoms with Crippen LogP contribution < -0.4 is 10.6 Å². The van der Waals surface area contributed by atoms with Gasteiger partial charge in [0.05, 0.1) is 10.4 Å². The third kappa shape index (κ3) is 3.41. The molecule has 2 N–H and O–H groups in total. The highest BCUT2D eigenvalue weighted by molar-refractivity contribution is 5.82. The normalized spacial score (nSPS) is 10.2. The van der Waals surface area contributed by atoms with Crippen molar-refractivity contribution in [3.05, 3.63) is 40.4 Å². The van der Waals surface area contributed by atoms with Gasteiger partial charge in [0.15, 0.2) is 0 Å². The fraction of sp³-hybridized carbons (Fsp3) is 0.231. The highest BCUT2D eigenvalue weighted by atomic mass is 16.6. The summed E-state index contributed by atoms with van der Waals surface area (Å²) >= 11 is 0. The maximum Gasteiger partial charge on any atom is 0.270 e. The van der Waals surface area contributed by atoms with E-state index >= 15 is 0 Å². The lowest BCUT2D eigenvalue weighted by Crippen LogP contribution is -2.26. The summed E-state index contributed by atoms with van der Waals surface area (Å²) in [6.45, 7) is 2.53. The number of rotatable bonds is 5. The Kier molecular flexibility index (Phi) is 4.09. The largest absolute Gasteiger partial charge is 0.368 e. The van der Waals surface area contributed by atoms with Crippen molar-refractivity contribution in [2.45, 2.75) is 6.92 Å². The summed E-state index contributed by atoms with van der Waals surface area (Å²) in [4.78, 5) is 25.3. The van der Waals surface area contributed by atoms with E-state index in [0.29, 0.717) is 29.8 Å². The third-order valence-electron chi connectivity index (χ3n) is 2.69. The molecule has 7 nitrogen and oxygen atoms in total. The zero-order chi connectivity index (χ0) is 14.5. The molecule has 0 atom stereocenters. The molecule has 0 radical (unpaired) electrons. The van der Waals surface area contributed by atoms with Crippen molar-refractivity contribution in [2.75, 3.05) is 18.4 Å². The number of hydrogen-bond donors (Lipinski definition) is 2. The number of nitro groups is 1. The Morgan fingerprint density at radius 3 is 2.80 bits per heavy atom. The number of nitrogens with zero attached hydrogens (tertiary/aromatic N) is 2. The summed E-state index contributed by atoms with van der Waals surface area (Å²) in [7, 11) is 0. The summed E-state index contributed by atoms with van der Waals surface area (Å²) in [5.74, 6) is 0.585. The van der Waals surface area contributed by atoms with Crippen LogP contribution in [0.5, 0.6) is 0 Å².